The van der Waals surface area contributed by atoms with E-state index in [4.69, 9.17) is 40.6 Å². The quantitative estimate of drug-likeness (QED) is 0.0545. The molecule has 2 aromatic heterocycles. The summed E-state index contributed by atoms with van der Waals surface area (Å²) in [6.45, 7) is 9.00. The van der Waals surface area contributed by atoms with Crippen LogP contribution >= 0.6 is 11.8 Å². The van der Waals surface area contributed by atoms with Gasteiger partial charge in [-0.1, -0.05) is 31.9 Å². The molecule has 0 spiro atoms. The molecule has 1 unspecified atom stereocenters. The topological polar surface area (TPSA) is 259 Å². The third kappa shape index (κ3) is 16.0. The van der Waals surface area contributed by atoms with Gasteiger partial charge in [-0.25, -0.2) is 4.98 Å². The fourth-order valence-electron chi connectivity index (χ4n) is 6.47. The molecule has 2 atom stereocenters. The van der Waals surface area contributed by atoms with Crippen LogP contribution in [0.4, 0.5) is 11.8 Å². The lowest BCUT2D eigenvalue weighted by Crippen LogP contribution is -2.48. The molecule has 1 aromatic carbocycles. The van der Waals surface area contributed by atoms with Crippen molar-refractivity contribution in [3.05, 3.63) is 41.6 Å². The number of carbonyl (C=O) groups excluding carboxylic acids is 2. The Balaban J connectivity index is 1.07. The van der Waals surface area contributed by atoms with Gasteiger partial charge in [0.15, 0.2) is 5.82 Å². The van der Waals surface area contributed by atoms with E-state index in [9.17, 15) is 19.2 Å². The normalized spacial score (nSPS) is 14.2. The van der Waals surface area contributed by atoms with Crippen LogP contribution < -0.4 is 26.8 Å². The Labute approximate surface area is 354 Å². The summed E-state index contributed by atoms with van der Waals surface area (Å²) in [7, 11) is 1.69. The number of rotatable bonds is 29. The number of nitrogens with two attached hydrogens (primary N) is 2. The molecule has 1 aliphatic rings. The maximum Gasteiger partial charge on any atom is 0.321 e. The molecule has 1 aliphatic heterocycles. The van der Waals surface area contributed by atoms with Crippen molar-refractivity contribution >= 4 is 58.3 Å². The lowest BCUT2D eigenvalue weighted by Gasteiger charge is -2.35. The van der Waals surface area contributed by atoms with Gasteiger partial charge in [0.25, 0.3) is 0 Å². The number of aliphatic carboxylic acids is 2. The number of hydrogen-bond acceptors (Lipinski definition) is 15. The lowest BCUT2D eigenvalue weighted by molar-refractivity contribution is -0.138. The summed E-state index contributed by atoms with van der Waals surface area (Å²) in [5, 5.41) is 23.0. The van der Waals surface area contributed by atoms with Gasteiger partial charge < -0.3 is 60.7 Å². The van der Waals surface area contributed by atoms with Crippen LogP contribution in [-0.4, -0.2) is 161 Å². The number of aromatic nitrogens is 3. The molecular weight excluding hydrogens is 799 g/mol. The molecule has 1 fully saturated rings. The highest BCUT2D eigenvalue weighted by Crippen LogP contribution is 2.28. The van der Waals surface area contributed by atoms with Crippen molar-refractivity contribution in [2.24, 2.45) is 5.73 Å². The first kappa shape index (κ1) is 47.9. The van der Waals surface area contributed by atoms with Crippen molar-refractivity contribution in [1.82, 2.24) is 29.7 Å². The number of carboxylic acid groups (broad SMARTS) is 2. The molecular formula is C40H61N9O10S. The Bertz CT molecular complexity index is 1830. The molecule has 19 nitrogen and oxygen atoms in total. The number of ether oxygens (including phenoxy) is 4. The van der Waals surface area contributed by atoms with Crippen LogP contribution in [0.1, 0.15) is 50.2 Å². The van der Waals surface area contributed by atoms with Gasteiger partial charge in [0.1, 0.15) is 17.3 Å². The van der Waals surface area contributed by atoms with Gasteiger partial charge in [0.2, 0.25) is 17.8 Å². The van der Waals surface area contributed by atoms with Crippen LogP contribution in [0.3, 0.4) is 0 Å². The average Bonchev–Trinajstić information content (AvgIpc) is 3.63. The summed E-state index contributed by atoms with van der Waals surface area (Å²) in [5.74, 6) is -1.18. The smallest absolute Gasteiger partial charge is 0.321 e. The number of hydrogen-bond donors (Lipinski definition) is 6. The third-order valence-electron chi connectivity index (χ3n) is 9.72. The third-order valence-corrected chi connectivity index (χ3v) is 11.1. The number of nitrogen functional groups attached to an aromatic ring is 1. The van der Waals surface area contributed by atoms with Crippen LogP contribution in [0.15, 0.2) is 30.5 Å². The predicted molar refractivity (Wildman–Crippen MR) is 228 cm³/mol. The Hall–Kier alpha value is -4.73. The number of carbonyl (C=O) groups is 4. The van der Waals surface area contributed by atoms with Crippen molar-refractivity contribution in [2.75, 3.05) is 103 Å². The minimum absolute atomic E-state index is 0.0590. The monoisotopic (exact) mass is 859 g/mol. The zero-order valence-electron chi connectivity index (χ0n) is 34.6. The fraction of sp³-hybridized carbons (Fsp3) is 0.600. The van der Waals surface area contributed by atoms with Crippen molar-refractivity contribution < 1.29 is 48.3 Å². The Morgan fingerprint density at radius 3 is 2.32 bits per heavy atom. The second-order valence-electron chi connectivity index (χ2n) is 14.3. The number of amides is 2. The molecule has 20 heteroatoms. The van der Waals surface area contributed by atoms with E-state index in [-0.39, 0.29) is 43.8 Å². The minimum atomic E-state index is -1.23. The van der Waals surface area contributed by atoms with E-state index in [0.717, 1.165) is 90.9 Å². The number of unbranched alkanes of at least 4 members (excludes halogenated alkanes) is 2. The largest absolute Gasteiger partial charge is 0.496 e. The predicted octanol–water partition coefficient (Wildman–Crippen LogP) is 1.86. The van der Waals surface area contributed by atoms with Gasteiger partial charge in [-0.15, -0.1) is 11.8 Å². The molecule has 1 saturated heterocycles. The number of fused-ring (bicyclic) bond motifs is 1. The van der Waals surface area contributed by atoms with E-state index < -0.39 is 35.6 Å². The molecule has 0 bridgehead atoms. The number of methoxy groups -OCH3 is 1. The molecule has 8 N–H and O–H groups in total. The van der Waals surface area contributed by atoms with Crippen LogP contribution in [-0.2, 0) is 46.5 Å². The molecule has 0 radical (unpaired) electrons. The average molecular weight is 860 g/mol. The number of thioether (sulfide) groups is 1. The highest BCUT2D eigenvalue weighted by molar-refractivity contribution is 8.00. The summed E-state index contributed by atoms with van der Waals surface area (Å²) in [6.07, 6.45) is 5.16. The Kier molecular flexibility index (Phi) is 20.6. The van der Waals surface area contributed by atoms with Crippen molar-refractivity contribution in [2.45, 2.75) is 63.4 Å². The summed E-state index contributed by atoms with van der Waals surface area (Å²) < 4.78 is 24.5. The van der Waals surface area contributed by atoms with Gasteiger partial charge in [-0.2, -0.15) is 4.98 Å². The molecule has 3 heterocycles. The Morgan fingerprint density at radius 2 is 1.63 bits per heavy atom. The maximum atomic E-state index is 12.8. The van der Waals surface area contributed by atoms with Gasteiger partial charge in [0, 0.05) is 63.3 Å². The first-order chi connectivity index (χ1) is 29.0. The molecule has 2 amide bonds. The van der Waals surface area contributed by atoms with Crippen LogP contribution in [0.2, 0.25) is 0 Å². The van der Waals surface area contributed by atoms with E-state index in [1.165, 1.54) is 0 Å². The molecule has 60 heavy (non-hydrogen) atoms. The highest BCUT2D eigenvalue weighted by atomic mass is 32.2. The number of carboxylic acids is 2. The first-order valence-corrected chi connectivity index (χ1v) is 21.4. The molecule has 0 saturated carbocycles. The van der Waals surface area contributed by atoms with Gasteiger partial charge >= 0.3 is 11.9 Å². The van der Waals surface area contributed by atoms with Crippen LogP contribution in [0.5, 0.6) is 5.75 Å². The van der Waals surface area contributed by atoms with Crippen LogP contribution in [0.25, 0.3) is 11.0 Å². The molecule has 3 aromatic rings. The summed E-state index contributed by atoms with van der Waals surface area (Å²) in [5.41, 5.74) is 15.3. The highest BCUT2D eigenvalue weighted by Gasteiger charge is 2.25. The number of piperazine rings is 1. The zero-order valence-corrected chi connectivity index (χ0v) is 35.5. The van der Waals surface area contributed by atoms with E-state index >= 15 is 0 Å². The van der Waals surface area contributed by atoms with E-state index in [0.29, 0.717) is 46.1 Å². The number of benzene rings is 1. The van der Waals surface area contributed by atoms with Gasteiger partial charge in [-0.3, -0.25) is 24.1 Å². The first-order valence-electron chi connectivity index (χ1n) is 20.3. The van der Waals surface area contributed by atoms with Crippen molar-refractivity contribution in [1.29, 1.82) is 0 Å². The summed E-state index contributed by atoms with van der Waals surface area (Å²) in [6, 6.07) is 7.08. The van der Waals surface area contributed by atoms with E-state index in [1.54, 1.807) is 7.11 Å². The number of anilines is 2. The molecule has 332 valence electrons. The van der Waals surface area contributed by atoms with Gasteiger partial charge in [-0.05, 0) is 24.1 Å². The number of nitrogens with one attached hydrogen (secondary N) is 2. The lowest BCUT2D eigenvalue weighted by atomic mass is 10.1. The van der Waals surface area contributed by atoms with E-state index in [2.05, 4.69) is 55.2 Å². The van der Waals surface area contributed by atoms with Crippen LogP contribution in [0, 0.1) is 0 Å². The Morgan fingerprint density at radius 1 is 0.917 bits per heavy atom. The number of nitrogens with zero attached hydrogens (tertiary/aromatic N) is 5. The maximum absolute atomic E-state index is 12.8. The summed E-state index contributed by atoms with van der Waals surface area (Å²) >= 11 is 0.886. The second kappa shape index (κ2) is 25.8. The molecule has 4 rings (SSSR count). The zero-order chi connectivity index (χ0) is 43.3. The fourth-order valence-corrected chi connectivity index (χ4v) is 7.55. The summed E-state index contributed by atoms with van der Waals surface area (Å²) in [4.78, 5) is 60.3. The van der Waals surface area contributed by atoms with Gasteiger partial charge in [0.05, 0.1) is 76.9 Å². The van der Waals surface area contributed by atoms with Crippen molar-refractivity contribution in [3.8, 4) is 5.75 Å². The standard InChI is InChI=1S/C40H61N9O10S/c1-3-4-5-10-43-37-36-31(45-40(42)46-37)8-12-49(36)26-29-7-6-28(23-32(29)56-2)25-47-13-15-48(16-14-47)34(50)9-17-57-19-21-59-22-20-58-18-11-44-38(53)33(24-35(51)52)60-27-30(41)39(54)55/h6-8,12,23,30,33H,3-5,9-11,13-22,24-27,41H2,1-2H3,(H,44,53)(H,51,52)(H,54,55)(H3,42,43,45,46)/t30-,33?/m0/s1. The molecule has 0 aliphatic carbocycles. The van der Waals surface area contributed by atoms with E-state index in [1.807, 2.05) is 17.2 Å². The second-order valence-corrected chi connectivity index (χ2v) is 15.5. The minimum Gasteiger partial charge on any atom is -0.496 e. The SMILES string of the molecule is CCCCCNc1nc(N)nc2ccn(Cc3ccc(CN4CCN(C(=O)CCOCCOCCOCCNC(=O)C(CC(=O)O)SC[C@H](N)C(=O)O)CC4)cc3OC)c12. The van der Waals surface area contributed by atoms with Crippen molar-refractivity contribution in [3.63, 3.8) is 0 Å².